The van der Waals surface area contributed by atoms with Crippen molar-refractivity contribution < 1.29 is 9.53 Å². The maximum absolute atomic E-state index is 11.4. The zero-order valence-corrected chi connectivity index (χ0v) is 8.88. The Balaban J connectivity index is 3.50. The SMILES string of the molecule is C#CCNCC(=O)N(C)CCCOC. The van der Waals surface area contributed by atoms with Crippen LogP contribution >= 0.6 is 0 Å². The lowest BCUT2D eigenvalue weighted by atomic mass is 10.4. The summed E-state index contributed by atoms with van der Waals surface area (Å²) in [5, 5.41) is 2.85. The second-order valence-electron chi connectivity index (χ2n) is 2.97. The molecular formula is C10H18N2O2. The average molecular weight is 198 g/mol. The van der Waals surface area contributed by atoms with Gasteiger partial charge in [-0.2, -0.15) is 0 Å². The lowest BCUT2D eigenvalue weighted by molar-refractivity contribution is -0.129. The number of rotatable bonds is 7. The van der Waals surface area contributed by atoms with Crippen LogP contribution in [0, 0.1) is 12.3 Å². The summed E-state index contributed by atoms with van der Waals surface area (Å²) in [5.41, 5.74) is 0. The molecule has 4 heteroatoms. The summed E-state index contributed by atoms with van der Waals surface area (Å²) in [6.45, 7) is 2.12. The maximum Gasteiger partial charge on any atom is 0.236 e. The van der Waals surface area contributed by atoms with Crippen LogP contribution in [0.1, 0.15) is 6.42 Å². The van der Waals surface area contributed by atoms with Gasteiger partial charge in [-0.05, 0) is 6.42 Å². The molecule has 1 amide bonds. The second kappa shape index (κ2) is 8.54. The van der Waals surface area contributed by atoms with Crippen molar-refractivity contribution in [3.05, 3.63) is 0 Å². The standard InChI is InChI=1S/C10H18N2O2/c1-4-6-11-9-10(13)12(2)7-5-8-14-3/h1,11H,5-9H2,2-3H3. The first-order valence-electron chi connectivity index (χ1n) is 4.59. The van der Waals surface area contributed by atoms with Gasteiger partial charge in [-0.25, -0.2) is 0 Å². The van der Waals surface area contributed by atoms with Crippen LogP contribution in [0.2, 0.25) is 0 Å². The van der Waals surface area contributed by atoms with Crippen molar-refractivity contribution in [2.24, 2.45) is 0 Å². The molecule has 0 rings (SSSR count). The fourth-order valence-corrected chi connectivity index (χ4v) is 0.947. The van der Waals surface area contributed by atoms with Gasteiger partial charge >= 0.3 is 0 Å². The third kappa shape index (κ3) is 6.46. The lowest BCUT2D eigenvalue weighted by Gasteiger charge is -2.16. The molecule has 0 fully saturated rings. The minimum absolute atomic E-state index is 0.0522. The van der Waals surface area contributed by atoms with Crippen LogP contribution in [-0.4, -0.2) is 51.2 Å². The predicted octanol–water partition coefficient (Wildman–Crippen LogP) is -0.296. The van der Waals surface area contributed by atoms with Crippen molar-refractivity contribution in [2.45, 2.75) is 6.42 Å². The second-order valence-corrected chi connectivity index (χ2v) is 2.97. The van der Waals surface area contributed by atoms with E-state index in [0.717, 1.165) is 6.42 Å². The zero-order chi connectivity index (χ0) is 10.8. The minimum Gasteiger partial charge on any atom is -0.385 e. The first kappa shape index (κ1) is 12.9. The number of likely N-dealkylation sites (N-methyl/N-ethyl adjacent to an activating group) is 1. The van der Waals surface area contributed by atoms with E-state index < -0.39 is 0 Å². The van der Waals surface area contributed by atoms with Gasteiger partial charge in [0, 0.05) is 27.3 Å². The van der Waals surface area contributed by atoms with Crippen molar-refractivity contribution in [3.63, 3.8) is 0 Å². The Kier molecular flexibility index (Phi) is 7.90. The van der Waals surface area contributed by atoms with Crippen LogP contribution in [0.25, 0.3) is 0 Å². The molecule has 0 spiro atoms. The lowest BCUT2D eigenvalue weighted by Crippen LogP contribution is -2.36. The Hall–Kier alpha value is -1.05. The highest BCUT2D eigenvalue weighted by atomic mass is 16.5. The molecule has 0 heterocycles. The predicted molar refractivity (Wildman–Crippen MR) is 55.8 cm³/mol. The Morgan fingerprint density at radius 2 is 2.36 bits per heavy atom. The van der Waals surface area contributed by atoms with E-state index in [4.69, 9.17) is 11.2 Å². The van der Waals surface area contributed by atoms with Crippen LogP contribution in [0.4, 0.5) is 0 Å². The smallest absolute Gasteiger partial charge is 0.236 e. The number of amides is 1. The third-order valence-electron chi connectivity index (χ3n) is 1.77. The van der Waals surface area contributed by atoms with Crippen LogP contribution in [0.5, 0.6) is 0 Å². The number of hydrogen-bond acceptors (Lipinski definition) is 3. The van der Waals surface area contributed by atoms with Gasteiger partial charge < -0.3 is 9.64 Å². The molecule has 0 atom stereocenters. The zero-order valence-electron chi connectivity index (χ0n) is 8.88. The molecule has 80 valence electrons. The van der Waals surface area contributed by atoms with E-state index in [2.05, 4.69) is 11.2 Å². The fraction of sp³-hybridized carbons (Fsp3) is 0.700. The summed E-state index contributed by atoms with van der Waals surface area (Å²) >= 11 is 0. The molecule has 0 bridgehead atoms. The van der Waals surface area contributed by atoms with Crippen molar-refractivity contribution in [1.29, 1.82) is 0 Å². The summed E-state index contributed by atoms with van der Waals surface area (Å²) in [6, 6.07) is 0. The van der Waals surface area contributed by atoms with E-state index in [1.54, 1.807) is 19.1 Å². The topological polar surface area (TPSA) is 41.6 Å². The molecule has 0 aromatic carbocycles. The molecule has 0 aromatic rings. The van der Waals surface area contributed by atoms with Crippen LogP contribution in [-0.2, 0) is 9.53 Å². The van der Waals surface area contributed by atoms with Gasteiger partial charge in [0.2, 0.25) is 5.91 Å². The first-order chi connectivity index (χ1) is 6.72. The fourth-order valence-electron chi connectivity index (χ4n) is 0.947. The van der Waals surface area contributed by atoms with E-state index >= 15 is 0 Å². The number of hydrogen-bond donors (Lipinski definition) is 1. The number of methoxy groups -OCH3 is 1. The van der Waals surface area contributed by atoms with Gasteiger partial charge in [0.25, 0.3) is 0 Å². The molecule has 1 N–H and O–H groups in total. The summed E-state index contributed by atoms with van der Waals surface area (Å²) in [6.07, 6.45) is 5.89. The van der Waals surface area contributed by atoms with E-state index in [0.29, 0.717) is 26.2 Å². The monoisotopic (exact) mass is 198 g/mol. The number of carbonyl (C=O) groups is 1. The molecule has 0 saturated heterocycles. The van der Waals surface area contributed by atoms with E-state index in [9.17, 15) is 4.79 Å². The van der Waals surface area contributed by atoms with Crippen molar-refractivity contribution in [3.8, 4) is 12.3 Å². The summed E-state index contributed by atoms with van der Waals surface area (Å²) in [4.78, 5) is 13.0. The number of nitrogens with zero attached hydrogens (tertiary/aromatic N) is 1. The summed E-state index contributed by atoms with van der Waals surface area (Å²) in [7, 11) is 3.42. The molecule has 0 aliphatic carbocycles. The van der Waals surface area contributed by atoms with Gasteiger partial charge in [-0.15, -0.1) is 6.42 Å². The van der Waals surface area contributed by atoms with Gasteiger partial charge in [0.15, 0.2) is 0 Å². The molecule has 14 heavy (non-hydrogen) atoms. The largest absolute Gasteiger partial charge is 0.385 e. The molecule has 0 unspecified atom stereocenters. The number of nitrogens with one attached hydrogen (secondary N) is 1. The van der Waals surface area contributed by atoms with Crippen molar-refractivity contribution >= 4 is 5.91 Å². The van der Waals surface area contributed by atoms with Gasteiger partial charge in [0.05, 0.1) is 13.1 Å². The van der Waals surface area contributed by atoms with Crippen molar-refractivity contribution in [2.75, 3.05) is 40.4 Å². The molecule has 0 aliphatic heterocycles. The quantitative estimate of drug-likeness (QED) is 0.451. The van der Waals surface area contributed by atoms with E-state index in [1.165, 1.54) is 0 Å². The Morgan fingerprint density at radius 3 is 2.93 bits per heavy atom. The van der Waals surface area contributed by atoms with Crippen molar-refractivity contribution in [1.82, 2.24) is 10.2 Å². The third-order valence-corrected chi connectivity index (χ3v) is 1.77. The van der Waals surface area contributed by atoms with Gasteiger partial charge in [-0.3, -0.25) is 10.1 Å². The molecule has 0 aliphatic rings. The molecule has 0 radical (unpaired) electrons. The summed E-state index contributed by atoms with van der Waals surface area (Å²) < 4.78 is 4.89. The van der Waals surface area contributed by atoms with Crippen LogP contribution < -0.4 is 5.32 Å². The first-order valence-corrected chi connectivity index (χ1v) is 4.59. The molecule has 0 aromatic heterocycles. The Labute approximate surface area is 85.6 Å². The maximum atomic E-state index is 11.4. The highest BCUT2D eigenvalue weighted by Crippen LogP contribution is 1.88. The van der Waals surface area contributed by atoms with Gasteiger partial charge in [0.1, 0.15) is 0 Å². The van der Waals surface area contributed by atoms with Crippen LogP contribution in [0.15, 0.2) is 0 Å². The minimum atomic E-state index is 0.0522. The highest BCUT2D eigenvalue weighted by molar-refractivity contribution is 5.77. The van der Waals surface area contributed by atoms with Gasteiger partial charge in [-0.1, -0.05) is 5.92 Å². The normalized spacial score (nSPS) is 9.50. The molecular weight excluding hydrogens is 180 g/mol. The van der Waals surface area contributed by atoms with Crippen LogP contribution in [0.3, 0.4) is 0 Å². The average Bonchev–Trinajstić information content (AvgIpc) is 2.18. The Bertz CT molecular complexity index is 199. The highest BCUT2D eigenvalue weighted by Gasteiger charge is 2.06. The molecule has 0 saturated carbocycles. The summed E-state index contributed by atoms with van der Waals surface area (Å²) in [5.74, 6) is 2.46. The van der Waals surface area contributed by atoms with E-state index in [-0.39, 0.29) is 5.91 Å². The molecule has 4 nitrogen and oxygen atoms in total. The number of carbonyl (C=O) groups excluding carboxylic acids is 1. The Morgan fingerprint density at radius 1 is 1.64 bits per heavy atom. The number of ether oxygens (including phenoxy) is 1. The van der Waals surface area contributed by atoms with E-state index in [1.807, 2.05) is 0 Å². The number of terminal acetylenes is 1.